The third-order valence-electron chi connectivity index (χ3n) is 4.57. The van der Waals surface area contributed by atoms with E-state index >= 15 is 0 Å². The van der Waals surface area contributed by atoms with E-state index in [0.717, 1.165) is 41.7 Å². The van der Waals surface area contributed by atoms with Crippen LogP contribution in [0.3, 0.4) is 0 Å². The van der Waals surface area contributed by atoms with Gasteiger partial charge in [-0.2, -0.15) is 0 Å². The molecule has 1 heterocycles. The lowest BCUT2D eigenvalue weighted by molar-refractivity contribution is -0.118. The van der Waals surface area contributed by atoms with Crippen LogP contribution in [0.2, 0.25) is 0 Å². The molecule has 0 bridgehead atoms. The number of nitrogens with zero attached hydrogens (tertiary/aromatic N) is 1. The van der Waals surface area contributed by atoms with Crippen molar-refractivity contribution in [3.63, 3.8) is 0 Å². The smallest absolute Gasteiger partial charge is 0.231 e. The number of rotatable bonds is 7. The number of amides is 1. The van der Waals surface area contributed by atoms with Crippen LogP contribution in [0.1, 0.15) is 25.0 Å². The van der Waals surface area contributed by atoms with Gasteiger partial charge in [0.15, 0.2) is 17.5 Å². The summed E-state index contributed by atoms with van der Waals surface area (Å²) in [6.45, 7) is 5.43. The average molecular weight is 396 g/mol. The predicted octanol–water partition coefficient (Wildman–Crippen LogP) is 2.92. The Hall–Kier alpha value is -3.22. The molecule has 0 fully saturated rings. The first-order valence-corrected chi connectivity index (χ1v) is 9.78. The number of hydrogen-bond donors (Lipinski definition) is 3. The SMILES string of the molecule is CN=C(NCCc1ccc2c(c1)OCO2)NCc1ccc(NC(=O)C(C)C)cc1. The summed E-state index contributed by atoms with van der Waals surface area (Å²) in [6, 6.07) is 13.8. The summed E-state index contributed by atoms with van der Waals surface area (Å²) in [4.78, 5) is 16.0. The number of ether oxygens (including phenoxy) is 2. The van der Waals surface area contributed by atoms with Crippen LogP contribution in [0, 0.1) is 5.92 Å². The van der Waals surface area contributed by atoms with Crippen LogP contribution in [0.25, 0.3) is 0 Å². The first kappa shape index (κ1) is 20.5. The Labute approximate surface area is 171 Å². The number of aliphatic imine (C=N–C) groups is 1. The van der Waals surface area contributed by atoms with Gasteiger partial charge in [-0.15, -0.1) is 0 Å². The Morgan fingerprint density at radius 1 is 1.03 bits per heavy atom. The van der Waals surface area contributed by atoms with Crippen molar-refractivity contribution >= 4 is 17.6 Å². The monoisotopic (exact) mass is 396 g/mol. The summed E-state index contributed by atoms with van der Waals surface area (Å²) in [6.07, 6.45) is 0.849. The highest BCUT2D eigenvalue weighted by Crippen LogP contribution is 2.32. The zero-order valence-corrected chi connectivity index (χ0v) is 17.1. The number of anilines is 1. The van der Waals surface area contributed by atoms with Crippen LogP contribution in [0.5, 0.6) is 11.5 Å². The van der Waals surface area contributed by atoms with Gasteiger partial charge in [-0.05, 0) is 41.8 Å². The van der Waals surface area contributed by atoms with E-state index in [-0.39, 0.29) is 11.8 Å². The van der Waals surface area contributed by atoms with Gasteiger partial charge in [0.25, 0.3) is 0 Å². The fourth-order valence-corrected chi connectivity index (χ4v) is 2.82. The third-order valence-corrected chi connectivity index (χ3v) is 4.57. The van der Waals surface area contributed by atoms with Crippen molar-refractivity contribution in [2.45, 2.75) is 26.8 Å². The highest BCUT2D eigenvalue weighted by Gasteiger charge is 2.13. The second-order valence-electron chi connectivity index (χ2n) is 7.13. The maximum Gasteiger partial charge on any atom is 0.231 e. The number of benzene rings is 2. The molecule has 0 saturated carbocycles. The molecule has 0 saturated heterocycles. The van der Waals surface area contributed by atoms with Gasteiger partial charge < -0.3 is 25.4 Å². The summed E-state index contributed by atoms with van der Waals surface area (Å²) in [5.74, 6) is 2.32. The summed E-state index contributed by atoms with van der Waals surface area (Å²) in [7, 11) is 1.75. The number of nitrogens with one attached hydrogen (secondary N) is 3. The second-order valence-corrected chi connectivity index (χ2v) is 7.13. The predicted molar refractivity (Wildman–Crippen MR) is 114 cm³/mol. The van der Waals surface area contributed by atoms with Crippen molar-refractivity contribution in [1.82, 2.24) is 10.6 Å². The maximum absolute atomic E-state index is 11.7. The molecule has 1 aliphatic heterocycles. The lowest BCUT2D eigenvalue weighted by Gasteiger charge is -2.13. The molecular formula is C22H28N4O3. The van der Waals surface area contributed by atoms with Gasteiger partial charge in [0.1, 0.15) is 0 Å². The normalized spacial score (nSPS) is 12.8. The van der Waals surface area contributed by atoms with Crippen molar-refractivity contribution < 1.29 is 14.3 Å². The largest absolute Gasteiger partial charge is 0.454 e. The molecule has 0 aromatic heterocycles. The van der Waals surface area contributed by atoms with Crippen LogP contribution in [-0.2, 0) is 17.8 Å². The lowest BCUT2D eigenvalue weighted by Crippen LogP contribution is -2.37. The second kappa shape index (κ2) is 9.82. The fraction of sp³-hybridized carbons (Fsp3) is 0.364. The average Bonchev–Trinajstić information content (AvgIpc) is 3.19. The number of fused-ring (bicyclic) bond motifs is 1. The first-order chi connectivity index (χ1) is 14.0. The molecule has 0 atom stereocenters. The van der Waals surface area contributed by atoms with Gasteiger partial charge in [0, 0.05) is 31.7 Å². The first-order valence-electron chi connectivity index (χ1n) is 9.78. The summed E-state index contributed by atoms with van der Waals surface area (Å²) < 4.78 is 10.8. The van der Waals surface area contributed by atoms with E-state index in [4.69, 9.17) is 9.47 Å². The van der Waals surface area contributed by atoms with Crippen LogP contribution < -0.4 is 25.4 Å². The Bertz CT molecular complexity index is 863. The zero-order valence-electron chi connectivity index (χ0n) is 17.1. The third kappa shape index (κ3) is 5.88. The molecule has 1 aliphatic rings. The summed E-state index contributed by atoms with van der Waals surface area (Å²) >= 11 is 0. The van der Waals surface area contributed by atoms with Crippen molar-refractivity contribution in [2.24, 2.45) is 10.9 Å². The van der Waals surface area contributed by atoms with E-state index in [0.29, 0.717) is 13.3 Å². The quantitative estimate of drug-likeness (QED) is 0.495. The van der Waals surface area contributed by atoms with E-state index in [1.54, 1.807) is 7.05 Å². The van der Waals surface area contributed by atoms with Crippen molar-refractivity contribution in [2.75, 3.05) is 25.7 Å². The molecular weight excluding hydrogens is 368 g/mol. The van der Waals surface area contributed by atoms with Crippen LogP contribution in [0.15, 0.2) is 47.5 Å². The molecule has 0 unspecified atom stereocenters. The molecule has 3 rings (SSSR count). The van der Waals surface area contributed by atoms with Crippen LogP contribution in [-0.4, -0.2) is 32.3 Å². The summed E-state index contributed by atoms with van der Waals surface area (Å²) in [5, 5.41) is 9.51. The molecule has 0 radical (unpaired) electrons. The molecule has 1 amide bonds. The van der Waals surface area contributed by atoms with Gasteiger partial charge in [0.2, 0.25) is 12.7 Å². The minimum atomic E-state index is -0.0385. The Kier molecular flexibility index (Phi) is 6.94. The molecule has 0 spiro atoms. The van der Waals surface area contributed by atoms with Crippen LogP contribution >= 0.6 is 0 Å². The Morgan fingerprint density at radius 3 is 2.48 bits per heavy atom. The number of hydrogen-bond acceptors (Lipinski definition) is 4. The minimum Gasteiger partial charge on any atom is -0.454 e. The highest BCUT2D eigenvalue weighted by atomic mass is 16.7. The molecule has 0 aliphatic carbocycles. The van der Waals surface area contributed by atoms with Crippen molar-refractivity contribution in [3.8, 4) is 11.5 Å². The van der Waals surface area contributed by atoms with Gasteiger partial charge in [0.05, 0.1) is 0 Å². The van der Waals surface area contributed by atoms with E-state index in [9.17, 15) is 4.79 Å². The van der Waals surface area contributed by atoms with E-state index in [1.807, 2.05) is 56.3 Å². The number of carbonyl (C=O) groups is 1. The number of carbonyl (C=O) groups excluding carboxylic acids is 1. The van der Waals surface area contributed by atoms with E-state index in [1.165, 1.54) is 5.56 Å². The van der Waals surface area contributed by atoms with Crippen molar-refractivity contribution in [3.05, 3.63) is 53.6 Å². The van der Waals surface area contributed by atoms with E-state index < -0.39 is 0 Å². The Balaban J connectivity index is 1.42. The molecule has 3 N–H and O–H groups in total. The molecule has 7 nitrogen and oxygen atoms in total. The molecule has 2 aromatic carbocycles. The zero-order chi connectivity index (χ0) is 20.6. The van der Waals surface area contributed by atoms with Crippen LogP contribution in [0.4, 0.5) is 5.69 Å². The van der Waals surface area contributed by atoms with Crippen molar-refractivity contribution in [1.29, 1.82) is 0 Å². The Morgan fingerprint density at radius 2 is 1.76 bits per heavy atom. The van der Waals surface area contributed by atoms with E-state index in [2.05, 4.69) is 20.9 Å². The topological polar surface area (TPSA) is 84.0 Å². The van der Waals surface area contributed by atoms with Gasteiger partial charge in [-0.1, -0.05) is 32.0 Å². The van der Waals surface area contributed by atoms with Gasteiger partial charge >= 0.3 is 0 Å². The van der Waals surface area contributed by atoms with Gasteiger partial charge in [-0.3, -0.25) is 9.79 Å². The van der Waals surface area contributed by atoms with Gasteiger partial charge in [-0.25, -0.2) is 0 Å². The maximum atomic E-state index is 11.7. The molecule has 2 aromatic rings. The fourth-order valence-electron chi connectivity index (χ4n) is 2.82. The minimum absolute atomic E-state index is 0.0166. The molecule has 154 valence electrons. The molecule has 7 heteroatoms. The number of guanidine groups is 1. The molecule has 29 heavy (non-hydrogen) atoms. The standard InChI is InChI=1S/C22H28N4O3/c1-15(2)21(27)26-18-7-4-17(5-8-18)13-25-22(23-3)24-11-10-16-6-9-19-20(12-16)29-14-28-19/h4-9,12,15H,10-11,13-14H2,1-3H3,(H,26,27)(H2,23,24,25). The lowest BCUT2D eigenvalue weighted by atomic mass is 10.1. The summed E-state index contributed by atoms with van der Waals surface area (Å²) in [5.41, 5.74) is 3.08. The highest BCUT2D eigenvalue weighted by molar-refractivity contribution is 5.92.